The number of carboxylic acids is 4. The molecule has 0 aromatic heterocycles. The van der Waals surface area contributed by atoms with Crippen LogP contribution in [-0.4, -0.2) is 110 Å². The Morgan fingerprint density at radius 3 is 1.71 bits per heavy atom. The van der Waals surface area contributed by atoms with Gasteiger partial charge in [-0.15, -0.1) is 0 Å². The molecule has 15 nitrogen and oxygen atoms in total. The van der Waals surface area contributed by atoms with E-state index in [1.165, 1.54) is 15.4 Å². The number of carbonyl (C=O) groups is 4. The molecule has 0 N–H and O–H groups in total. The van der Waals surface area contributed by atoms with Gasteiger partial charge in [0, 0.05) is 51.9 Å². The van der Waals surface area contributed by atoms with Crippen molar-refractivity contribution < 1.29 is 98.1 Å². The van der Waals surface area contributed by atoms with Gasteiger partial charge in [0.05, 0.1) is 37.1 Å². The zero-order valence-corrected chi connectivity index (χ0v) is 30.6. The van der Waals surface area contributed by atoms with Crippen LogP contribution < -0.4 is 25.3 Å². The summed E-state index contributed by atoms with van der Waals surface area (Å²) in [4.78, 5) is 60.7. The van der Waals surface area contributed by atoms with Gasteiger partial charge in [0.25, 0.3) is 7.82 Å². The SMILES string of the molecule is CCN(CC(=O)[O-])C(COP(=O)([O-])OCCCCCCCCCCc1ccccc1)CN(CCN(CC(=O)[O-])CC(=O)[O-])CC(=O)[O-].[Gd+3]. The first-order valence-corrected chi connectivity index (χ1v) is 17.4. The third-order valence-corrected chi connectivity index (χ3v) is 8.36. The standard InChI is InChI=1S/C31H52N3O12P.Gd/c1-2-34(24-31(41)42)27(20-32(21-28(35)36)17-18-33(22-29(37)38)23-30(39)40)25-46-47(43,44)45-19-13-8-6-4-3-5-7-10-14-26-15-11-9-12-16-26;/h9,11-12,15-16,27H,2-8,10,13-14,17-25H2,1H3,(H,35,36)(H,37,38)(H,39,40)(H,41,42)(H,43,44);/q;+3/p-5. The number of unbranched alkanes of at least 4 members (excludes halogenated alkanes) is 7. The molecule has 1 radical (unpaired) electrons. The first kappa shape index (κ1) is 46.4. The molecular formula is C31H47GdN3O12P-2. The molecule has 48 heavy (non-hydrogen) atoms. The van der Waals surface area contributed by atoms with Gasteiger partial charge in [-0.05, 0) is 31.4 Å². The van der Waals surface area contributed by atoms with Crippen LogP contribution in [0.5, 0.6) is 0 Å². The minimum Gasteiger partial charge on any atom is -0.756 e. The molecule has 1 aromatic rings. The minimum atomic E-state index is -4.80. The average molecular weight is 842 g/mol. The molecule has 0 heterocycles. The van der Waals surface area contributed by atoms with Gasteiger partial charge in [-0.25, -0.2) is 0 Å². The molecule has 17 heteroatoms. The predicted molar refractivity (Wildman–Crippen MR) is 161 cm³/mol. The van der Waals surface area contributed by atoms with Crippen molar-refractivity contribution >= 4 is 31.7 Å². The zero-order valence-electron chi connectivity index (χ0n) is 27.4. The Morgan fingerprint density at radius 1 is 0.708 bits per heavy atom. The van der Waals surface area contributed by atoms with E-state index < -0.39 is 70.5 Å². The second-order valence-electron chi connectivity index (χ2n) is 11.3. The third-order valence-electron chi connectivity index (χ3n) is 7.39. The van der Waals surface area contributed by atoms with Crippen LogP contribution >= 0.6 is 7.82 Å². The van der Waals surface area contributed by atoms with E-state index in [9.17, 15) is 49.1 Å². The number of phosphoric acid groups is 1. The fraction of sp³-hybridized carbons (Fsp3) is 0.677. The van der Waals surface area contributed by atoms with E-state index in [0.717, 1.165) is 56.3 Å². The minimum absolute atomic E-state index is 0. The van der Waals surface area contributed by atoms with E-state index in [2.05, 4.69) is 12.1 Å². The van der Waals surface area contributed by atoms with Gasteiger partial charge in [-0.3, -0.25) is 19.3 Å². The van der Waals surface area contributed by atoms with E-state index in [1.54, 1.807) is 6.92 Å². The van der Waals surface area contributed by atoms with Crippen LogP contribution in [0.25, 0.3) is 0 Å². The van der Waals surface area contributed by atoms with E-state index in [1.807, 2.05) is 18.2 Å². The van der Waals surface area contributed by atoms with E-state index in [4.69, 9.17) is 9.05 Å². The fourth-order valence-corrected chi connectivity index (χ4v) is 5.83. The molecule has 273 valence electrons. The molecule has 0 aliphatic carbocycles. The average Bonchev–Trinajstić information content (AvgIpc) is 2.99. The number of phosphoric ester groups is 1. The number of carbonyl (C=O) groups excluding carboxylic acids is 4. The number of nitrogens with zero attached hydrogens (tertiary/aromatic N) is 3. The summed E-state index contributed by atoms with van der Waals surface area (Å²) in [5, 5.41) is 44.7. The number of benzene rings is 1. The maximum atomic E-state index is 12.5. The molecule has 2 unspecified atom stereocenters. The van der Waals surface area contributed by atoms with Crippen LogP contribution in [-0.2, 0) is 39.2 Å². The summed E-state index contributed by atoms with van der Waals surface area (Å²) in [5.41, 5.74) is 1.34. The summed E-state index contributed by atoms with van der Waals surface area (Å²) in [6.45, 7) is -2.55. The van der Waals surface area contributed by atoms with Gasteiger partial charge >= 0.3 is 39.9 Å². The molecule has 0 bridgehead atoms. The van der Waals surface area contributed by atoms with Crippen molar-refractivity contribution in [1.29, 1.82) is 0 Å². The zero-order chi connectivity index (χ0) is 35.1. The van der Waals surface area contributed by atoms with E-state index in [0.29, 0.717) is 6.42 Å². The first-order chi connectivity index (χ1) is 22.3. The van der Waals surface area contributed by atoms with Gasteiger partial charge in [-0.1, -0.05) is 75.8 Å². The Labute approximate surface area is 314 Å². The van der Waals surface area contributed by atoms with Crippen molar-refractivity contribution in [3.63, 3.8) is 0 Å². The van der Waals surface area contributed by atoms with E-state index in [-0.39, 0.29) is 72.7 Å². The maximum absolute atomic E-state index is 12.5. The largest absolute Gasteiger partial charge is 3.00 e. The Hall–Kier alpha value is -1.59. The van der Waals surface area contributed by atoms with Crippen LogP contribution in [0.4, 0.5) is 0 Å². The van der Waals surface area contributed by atoms with Crippen LogP contribution in [0, 0.1) is 39.9 Å². The molecule has 1 aromatic carbocycles. The molecule has 0 amide bonds. The monoisotopic (exact) mass is 842 g/mol. The summed E-state index contributed by atoms with van der Waals surface area (Å²) < 4.78 is 22.5. The maximum Gasteiger partial charge on any atom is 3.00 e. The summed E-state index contributed by atoms with van der Waals surface area (Å²) >= 11 is 0. The van der Waals surface area contributed by atoms with E-state index >= 15 is 0 Å². The number of hydrogen-bond donors (Lipinski definition) is 0. The van der Waals surface area contributed by atoms with Crippen molar-refractivity contribution in [3.8, 4) is 0 Å². The second kappa shape index (κ2) is 27.2. The van der Waals surface area contributed by atoms with Gasteiger partial charge < -0.3 is 53.5 Å². The summed E-state index contributed by atoms with van der Waals surface area (Å²) in [5.74, 6) is -6.12. The Kier molecular flexibility index (Phi) is 26.3. The van der Waals surface area contributed by atoms with Gasteiger partial charge in [0.2, 0.25) is 0 Å². The molecular weight excluding hydrogens is 795 g/mol. The Bertz CT molecular complexity index is 1100. The molecule has 0 saturated heterocycles. The van der Waals surface area contributed by atoms with Crippen LogP contribution in [0.2, 0.25) is 0 Å². The smallest absolute Gasteiger partial charge is 0.756 e. The number of carboxylic acid groups (broad SMARTS) is 4. The second-order valence-corrected chi connectivity index (χ2v) is 12.7. The molecule has 0 spiro atoms. The third kappa shape index (κ3) is 24.5. The quantitative estimate of drug-likeness (QED) is 0.0561. The molecule has 0 aliphatic rings. The summed E-state index contributed by atoms with van der Waals surface area (Å²) in [7, 11) is -4.80. The van der Waals surface area contributed by atoms with Crippen LogP contribution in [0.3, 0.4) is 0 Å². The number of likely N-dealkylation sites (N-methyl/N-ethyl adjacent to an activating group) is 1. The molecule has 2 atom stereocenters. The number of aryl methyl sites for hydroxylation is 1. The number of aliphatic carboxylic acids is 4. The first-order valence-electron chi connectivity index (χ1n) is 15.9. The van der Waals surface area contributed by atoms with Crippen molar-refractivity contribution in [2.24, 2.45) is 0 Å². The molecule has 0 saturated carbocycles. The topological polar surface area (TPSA) is 229 Å². The fourth-order valence-electron chi connectivity index (χ4n) is 5.04. The van der Waals surface area contributed by atoms with Gasteiger partial charge in [0.15, 0.2) is 0 Å². The Morgan fingerprint density at radius 2 is 1.19 bits per heavy atom. The normalized spacial score (nSPS) is 13.3. The molecule has 1 rings (SSSR count). The Balaban J connectivity index is 0.0000221. The molecule has 0 aliphatic heterocycles. The number of hydrogen-bond acceptors (Lipinski definition) is 15. The van der Waals surface area contributed by atoms with Gasteiger partial charge in [-0.2, -0.15) is 0 Å². The predicted octanol–water partition coefficient (Wildman–Crippen LogP) is -2.85. The van der Waals surface area contributed by atoms with Crippen molar-refractivity contribution in [1.82, 2.24) is 14.7 Å². The van der Waals surface area contributed by atoms with Crippen LogP contribution in [0.15, 0.2) is 30.3 Å². The number of rotatable bonds is 30. The van der Waals surface area contributed by atoms with Crippen LogP contribution in [0.1, 0.15) is 63.9 Å². The van der Waals surface area contributed by atoms with Crippen molar-refractivity contribution in [2.45, 2.75) is 70.8 Å². The van der Waals surface area contributed by atoms with Gasteiger partial charge in [0.1, 0.15) is 0 Å². The summed E-state index contributed by atoms with van der Waals surface area (Å²) in [6, 6.07) is 9.35. The van der Waals surface area contributed by atoms with Crippen molar-refractivity contribution in [3.05, 3.63) is 35.9 Å². The summed E-state index contributed by atoms with van der Waals surface area (Å²) in [6.07, 6.45) is 8.83. The molecule has 0 fully saturated rings. The van der Waals surface area contributed by atoms with Crippen molar-refractivity contribution in [2.75, 3.05) is 65.6 Å².